The third kappa shape index (κ3) is 9.63. The molecule has 1 heterocycles. The van der Waals surface area contributed by atoms with Gasteiger partial charge in [-0.3, -0.25) is 14.5 Å². The smallest absolute Gasteiger partial charge is 0.240 e. The van der Waals surface area contributed by atoms with Gasteiger partial charge in [-0.1, -0.05) is 95.3 Å². The Morgan fingerprint density at radius 1 is 0.982 bits per heavy atom. The lowest BCUT2D eigenvalue weighted by molar-refractivity contribution is -0.183. The summed E-state index contributed by atoms with van der Waals surface area (Å²) in [5.41, 5.74) is 3.61. The van der Waals surface area contributed by atoms with E-state index in [-0.39, 0.29) is 24.6 Å². The number of hydrogen-bond donors (Lipinski definition) is 3. The maximum absolute atomic E-state index is 14.3. The number of hydroxylamine groups is 2. The molecule has 4 aliphatic rings. The van der Waals surface area contributed by atoms with Crippen LogP contribution in [0.15, 0.2) is 78.9 Å². The summed E-state index contributed by atoms with van der Waals surface area (Å²) in [4.78, 5) is 25.4. The van der Waals surface area contributed by atoms with E-state index >= 15 is 0 Å². The number of para-hydroxylation sites is 2. The fourth-order valence-corrected chi connectivity index (χ4v) is 9.91. The molecule has 4 fully saturated rings. The molecule has 9 atom stereocenters. The highest BCUT2D eigenvalue weighted by Gasteiger charge is 2.57. The summed E-state index contributed by atoms with van der Waals surface area (Å²) in [5, 5.41) is 26.4. The lowest BCUT2D eigenvalue weighted by Gasteiger charge is -2.62. The SMILES string of the molecule is CC(C)C[C@@H](CN(C)C)N(Cc1cccc(CN2O[C@@H](CO)[C@@H]([C@H](C)O)[C@H]2C(=O)N[C@H]2CC3CC([C@H]2C)C3(C)C)c1)Cc1ccccc1Oc1ccccc1. The van der Waals surface area contributed by atoms with Crippen LogP contribution in [0.2, 0.25) is 0 Å². The van der Waals surface area contributed by atoms with E-state index in [9.17, 15) is 15.0 Å². The molecule has 7 rings (SSSR count). The van der Waals surface area contributed by atoms with Crippen LogP contribution in [0, 0.1) is 35.0 Å². The van der Waals surface area contributed by atoms with E-state index in [1.165, 1.54) is 6.42 Å². The summed E-state index contributed by atoms with van der Waals surface area (Å²) in [7, 11) is 4.28. The maximum atomic E-state index is 14.3. The number of likely N-dealkylation sites (N-methyl/N-ethyl adjacent to an activating group) is 1. The normalized spacial score (nSPS) is 27.3. The number of nitrogens with zero attached hydrogens (tertiary/aromatic N) is 3. The van der Waals surface area contributed by atoms with E-state index in [1.807, 2.05) is 42.5 Å². The van der Waals surface area contributed by atoms with Crippen molar-refractivity contribution in [2.24, 2.45) is 35.0 Å². The van der Waals surface area contributed by atoms with Crippen molar-refractivity contribution in [3.05, 3.63) is 95.6 Å². The lowest BCUT2D eigenvalue weighted by atomic mass is 9.45. The second-order valence-electron chi connectivity index (χ2n) is 18.0. The van der Waals surface area contributed by atoms with Gasteiger partial charge in [-0.25, -0.2) is 0 Å². The Hall–Kier alpha value is -3.31. The number of carbonyl (C=O) groups excluding carboxylic acids is 1. The monoisotopic (exact) mass is 755 g/mol. The molecule has 0 aromatic heterocycles. The quantitative estimate of drug-likeness (QED) is 0.134. The molecule has 2 bridgehead atoms. The summed E-state index contributed by atoms with van der Waals surface area (Å²) in [6.07, 6.45) is 1.74. The molecule has 3 N–H and O–H groups in total. The van der Waals surface area contributed by atoms with E-state index in [1.54, 1.807) is 12.0 Å². The van der Waals surface area contributed by atoms with Gasteiger partial charge in [-0.15, -0.1) is 0 Å². The van der Waals surface area contributed by atoms with Crippen LogP contribution in [0.3, 0.4) is 0 Å². The number of rotatable bonds is 17. The van der Waals surface area contributed by atoms with E-state index in [0.717, 1.165) is 54.1 Å². The highest BCUT2D eigenvalue weighted by atomic mass is 16.7. The van der Waals surface area contributed by atoms with Crippen molar-refractivity contribution in [2.75, 3.05) is 27.2 Å². The van der Waals surface area contributed by atoms with Crippen LogP contribution < -0.4 is 10.1 Å². The summed E-state index contributed by atoms with van der Waals surface area (Å²) < 4.78 is 6.41. The van der Waals surface area contributed by atoms with Gasteiger partial charge in [-0.2, -0.15) is 5.06 Å². The molecule has 0 spiro atoms. The minimum absolute atomic E-state index is 0.0902. The lowest BCUT2D eigenvalue weighted by Crippen LogP contribution is -2.62. The molecule has 300 valence electrons. The van der Waals surface area contributed by atoms with E-state index < -0.39 is 24.2 Å². The standard InChI is InChI=1S/C46H66N4O5/c1-30(2)21-37(28-48(7)8)49(27-35-17-12-13-20-41(35)54-38-18-10-9-11-19-38)25-33-15-14-16-34(22-33)26-50-44(43(32(4)52)42(29-51)55-50)45(53)47-40-24-36-23-39(31(40)3)46(36,5)6/h9-20,22,30-32,36-37,39-40,42-44,51-52H,21,23-29H2,1-8H3,(H,47,53)/t31-,32+,36?,37+,39?,40+,42+,43-,44+/m1/s1. The Bertz CT molecular complexity index is 1690. The van der Waals surface area contributed by atoms with Gasteiger partial charge in [0.05, 0.1) is 19.3 Å². The molecule has 3 saturated carbocycles. The van der Waals surface area contributed by atoms with Crippen molar-refractivity contribution in [3.63, 3.8) is 0 Å². The predicted molar refractivity (Wildman–Crippen MR) is 218 cm³/mol. The molecule has 9 nitrogen and oxygen atoms in total. The van der Waals surface area contributed by atoms with Crippen LogP contribution in [-0.2, 0) is 29.3 Å². The average Bonchev–Trinajstić information content (AvgIpc) is 3.51. The zero-order valence-corrected chi connectivity index (χ0v) is 34.4. The van der Waals surface area contributed by atoms with E-state index in [0.29, 0.717) is 42.2 Å². The Labute approximate surface area is 330 Å². The highest BCUT2D eigenvalue weighted by molar-refractivity contribution is 5.82. The van der Waals surface area contributed by atoms with Crippen LogP contribution in [0.1, 0.15) is 77.5 Å². The van der Waals surface area contributed by atoms with Gasteiger partial charge >= 0.3 is 0 Å². The van der Waals surface area contributed by atoms with Crippen LogP contribution in [0.4, 0.5) is 0 Å². The summed E-state index contributed by atoms with van der Waals surface area (Å²) in [6.45, 7) is 15.7. The van der Waals surface area contributed by atoms with Gasteiger partial charge in [0.2, 0.25) is 5.91 Å². The van der Waals surface area contributed by atoms with Gasteiger partial charge < -0.3 is 25.2 Å². The molecular weight excluding hydrogens is 689 g/mol. The third-order valence-electron chi connectivity index (χ3n) is 12.9. The Kier molecular flexibility index (Phi) is 13.4. The molecule has 0 radical (unpaired) electrons. The van der Waals surface area contributed by atoms with Crippen molar-refractivity contribution < 1.29 is 24.6 Å². The summed E-state index contributed by atoms with van der Waals surface area (Å²) in [5.74, 6) is 3.07. The molecule has 1 saturated heterocycles. The second kappa shape index (κ2) is 17.9. The number of aliphatic hydroxyl groups excluding tert-OH is 2. The summed E-state index contributed by atoms with van der Waals surface area (Å²) >= 11 is 0. The van der Waals surface area contributed by atoms with Crippen molar-refractivity contribution in [3.8, 4) is 11.5 Å². The van der Waals surface area contributed by atoms with Crippen LogP contribution in [0.25, 0.3) is 0 Å². The van der Waals surface area contributed by atoms with Gasteiger partial charge in [0, 0.05) is 43.2 Å². The van der Waals surface area contributed by atoms with Crippen LogP contribution in [0.5, 0.6) is 11.5 Å². The minimum Gasteiger partial charge on any atom is -0.457 e. The molecule has 2 unspecified atom stereocenters. The number of carbonyl (C=O) groups is 1. The number of amides is 1. The largest absolute Gasteiger partial charge is 0.457 e. The first-order chi connectivity index (χ1) is 26.2. The number of aliphatic hydroxyl groups is 2. The van der Waals surface area contributed by atoms with Gasteiger partial charge in [0.1, 0.15) is 23.6 Å². The molecule has 1 aliphatic heterocycles. The molecule has 3 aromatic rings. The number of ether oxygens (including phenoxy) is 1. The fraction of sp³-hybridized carbons (Fsp3) is 0.587. The molecule has 1 amide bonds. The third-order valence-corrected chi connectivity index (χ3v) is 12.9. The first kappa shape index (κ1) is 41.3. The maximum Gasteiger partial charge on any atom is 0.240 e. The Morgan fingerprint density at radius 3 is 2.35 bits per heavy atom. The summed E-state index contributed by atoms with van der Waals surface area (Å²) in [6, 6.07) is 26.4. The zero-order chi connectivity index (χ0) is 39.4. The van der Waals surface area contributed by atoms with E-state index in [2.05, 4.69) is 100 Å². The molecule has 9 heteroatoms. The van der Waals surface area contributed by atoms with Crippen molar-refractivity contribution >= 4 is 5.91 Å². The zero-order valence-electron chi connectivity index (χ0n) is 34.4. The second-order valence-corrected chi connectivity index (χ2v) is 18.0. The van der Waals surface area contributed by atoms with Gasteiger partial charge in [-0.05, 0) is 98.7 Å². The topological polar surface area (TPSA) is 97.7 Å². The first-order valence-electron chi connectivity index (χ1n) is 20.5. The first-order valence-corrected chi connectivity index (χ1v) is 20.5. The number of benzene rings is 3. The average molecular weight is 755 g/mol. The molecule has 3 aliphatic carbocycles. The number of nitrogens with one attached hydrogen (secondary N) is 1. The van der Waals surface area contributed by atoms with Gasteiger partial charge in [0.25, 0.3) is 0 Å². The van der Waals surface area contributed by atoms with E-state index in [4.69, 9.17) is 9.57 Å². The molecule has 55 heavy (non-hydrogen) atoms. The predicted octanol–water partition coefficient (Wildman–Crippen LogP) is 7.12. The molecular formula is C46H66N4O5. The van der Waals surface area contributed by atoms with Gasteiger partial charge in [0.15, 0.2) is 0 Å². The van der Waals surface area contributed by atoms with Crippen molar-refractivity contribution in [1.82, 2.24) is 20.2 Å². The highest BCUT2D eigenvalue weighted by Crippen LogP contribution is 2.61. The molecule has 3 aromatic carbocycles. The van der Waals surface area contributed by atoms with Crippen LogP contribution in [-0.4, -0.2) is 88.6 Å². The Balaban J connectivity index is 1.23. The van der Waals surface area contributed by atoms with Crippen molar-refractivity contribution in [2.45, 2.75) is 111 Å². The Morgan fingerprint density at radius 2 is 1.69 bits per heavy atom. The number of fused-ring (bicyclic) bond motifs is 2. The minimum atomic E-state index is -0.836. The van der Waals surface area contributed by atoms with Crippen LogP contribution >= 0.6 is 0 Å². The fourth-order valence-electron chi connectivity index (χ4n) is 9.91. The van der Waals surface area contributed by atoms with Crippen molar-refractivity contribution in [1.29, 1.82) is 0 Å². The number of hydrogen-bond acceptors (Lipinski definition) is 8.